The van der Waals surface area contributed by atoms with Gasteiger partial charge in [-0.2, -0.15) is 0 Å². The Morgan fingerprint density at radius 1 is 1.25 bits per heavy atom. The molecule has 1 saturated heterocycles. The predicted octanol–water partition coefficient (Wildman–Crippen LogP) is 2.87. The van der Waals surface area contributed by atoms with Crippen molar-refractivity contribution in [1.82, 2.24) is 15.1 Å². The molecule has 0 radical (unpaired) electrons. The molecule has 0 aromatic heterocycles. The van der Waals surface area contributed by atoms with Crippen molar-refractivity contribution in [3.8, 4) is 0 Å². The van der Waals surface area contributed by atoms with E-state index in [1.807, 2.05) is 0 Å². The van der Waals surface area contributed by atoms with Crippen LogP contribution in [0.3, 0.4) is 0 Å². The van der Waals surface area contributed by atoms with Gasteiger partial charge in [-0.05, 0) is 41.7 Å². The normalized spacial score (nSPS) is 24.1. The van der Waals surface area contributed by atoms with Gasteiger partial charge in [0.1, 0.15) is 23.3 Å². The van der Waals surface area contributed by atoms with E-state index in [2.05, 4.69) is 15.5 Å². The van der Waals surface area contributed by atoms with Crippen LogP contribution in [0.15, 0.2) is 48.5 Å². The molecule has 208 valence electrons. The summed E-state index contributed by atoms with van der Waals surface area (Å²) in [5.74, 6) is -3.06. The first-order valence-corrected chi connectivity index (χ1v) is 13.3. The van der Waals surface area contributed by atoms with E-state index in [1.54, 1.807) is 24.3 Å². The van der Waals surface area contributed by atoms with Gasteiger partial charge in [-0.3, -0.25) is 28.9 Å². The Kier molecular flexibility index (Phi) is 6.33. The summed E-state index contributed by atoms with van der Waals surface area (Å²) >= 11 is 0. The average molecular weight is 549 g/mol. The first-order valence-electron chi connectivity index (χ1n) is 14.8. The van der Waals surface area contributed by atoms with Crippen LogP contribution in [0.25, 0.3) is 4.85 Å². The van der Waals surface area contributed by atoms with Crippen molar-refractivity contribution in [2.75, 3.05) is 18.8 Å². The van der Waals surface area contributed by atoms with E-state index in [0.717, 1.165) is 25.0 Å². The summed E-state index contributed by atoms with van der Waals surface area (Å²) in [6.45, 7) is 5.79. The molecule has 1 saturated carbocycles. The smallest absolute Gasteiger partial charge is 0.302 e. The molecule has 2 aliphatic heterocycles. The maximum atomic E-state index is 14.5. The number of nitrogens with one attached hydrogen (secondary N) is 2. The van der Waals surface area contributed by atoms with Gasteiger partial charge in [0.05, 0.1) is 6.42 Å². The van der Waals surface area contributed by atoms with Crippen LogP contribution in [0.4, 0.5) is 10.1 Å². The standard InChI is InChI=1S/C30H32FN5O4/c1-18(37)33-24(14-19-8-9-19)27(38)35(3)25(15-20-10-12-21(31)13-11-20)28(39)36-17-30(16-26(36)32-2)22-6-4-5-7-23(22)34-29(30)40/h4-7,10-13,19,24-26H,8-9,14-17H2,1,3H3,(H,33,37)(H,34,40)/t24-,25-,26-,30-/m0/s1/i3D3. The number of anilines is 1. The van der Waals surface area contributed by atoms with Crippen LogP contribution in [0.5, 0.6) is 0 Å². The minimum atomic E-state index is -3.11. The van der Waals surface area contributed by atoms with Crippen LogP contribution in [-0.4, -0.2) is 65.2 Å². The molecule has 4 amide bonds. The fourth-order valence-electron chi connectivity index (χ4n) is 5.76. The topological polar surface area (TPSA) is 103 Å². The molecule has 40 heavy (non-hydrogen) atoms. The first kappa shape index (κ1) is 23.6. The zero-order chi connectivity index (χ0) is 31.1. The third-order valence-corrected chi connectivity index (χ3v) is 8.01. The molecular formula is C30H32FN5O4. The molecule has 2 heterocycles. The van der Waals surface area contributed by atoms with Gasteiger partial charge in [0.2, 0.25) is 17.7 Å². The van der Waals surface area contributed by atoms with Crippen molar-refractivity contribution in [3.05, 3.63) is 76.9 Å². The van der Waals surface area contributed by atoms with Crippen molar-refractivity contribution in [2.45, 2.75) is 62.7 Å². The number of para-hydroxylation sites is 1. The molecule has 2 N–H and O–H groups in total. The number of rotatable bonds is 8. The Labute approximate surface area is 236 Å². The number of hydrogen-bond acceptors (Lipinski definition) is 4. The molecule has 3 aliphatic rings. The van der Waals surface area contributed by atoms with Crippen LogP contribution in [0, 0.1) is 18.3 Å². The largest absolute Gasteiger partial charge is 0.345 e. The predicted molar refractivity (Wildman–Crippen MR) is 145 cm³/mol. The number of hydrogen-bond donors (Lipinski definition) is 2. The molecule has 10 heteroatoms. The quantitative estimate of drug-likeness (QED) is 0.495. The third kappa shape index (κ3) is 5.16. The van der Waals surface area contributed by atoms with E-state index in [-0.39, 0.29) is 37.6 Å². The highest BCUT2D eigenvalue weighted by Gasteiger charge is 2.59. The highest BCUT2D eigenvalue weighted by Crippen LogP contribution is 2.47. The molecule has 4 atom stereocenters. The summed E-state index contributed by atoms with van der Waals surface area (Å²) in [5.41, 5.74) is 0.377. The summed E-state index contributed by atoms with van der Waals surface area (Å²) in [6, 6.07) is 9.30. The maximum absolute atomic E-state index is 14.5. The molecule has 0 unspecified atom stereocenters. The minimum absolute atomic E-state index is 0.00767. The van der Waals surface area contributed by atoms with Gasteiger partial charge in [0.15, 0.2) is 0 Å². The van der Waals surface area contributed by atoms with E-state index < -0.39 is 54.2 Å². The molecule has 9 nitrogen and oxygen atoms in total. The number of benzene rings is 2. The molecule has 2 fully saturated rings. The SMILES string of the molecule is [2H]C([2H])([2H])N(C(=O)[C@H](CC1CC1)NC(C)=O)[C@@H](Cc1ccc(F)cc1)C(=O)N1C[C@]2(C[C@H]1[N+]#[C-])C(=O)Nc1ccccc12. The van der Waals surface area contributed by atoms with Crippen LogP contribution in [-0.2, 0) is 31.0 Å². The molecular weight excluding hydrogens is 513 g/mol. The van der Waals surface area contributed by atoms with Crippen molar-refractivity contribution in [3.63, 3.8) is 0 Å². The van der Waals surface area contributed by atoms with Gasteiger partial charge < -0.3 is 15.5 Å². The van der Waals surface area contributed by atoms with Gasteiger partial charge in [0.25, 0.3) is 5.91 Å². The van der Waals surface area contributed by atoms with Gasteiger partial charge in [-0.25, -0.2) is 11.0 Å². The lowest BCUT2D eigenvalue weighted by molar-refractivity contribution is -0.146. The zero-order valence-electron chi connectivity index (χ0n) is 25.0. The van der Waals surface area contributed by atoms with Crippen LogP contribution in [0.2, 0.25) is 0 Å². The monoisotopic (exact) mass is 548 g/mol. The zero-order valence-corrected chi connectivity index (χ0v) is 22.0. The fourth-order valence-corrected chi connectivity index (χ4v) is 5.76. The van der Waals surface area contributed by atoms with Crippen molar-refractivity contribution in [2.24, 2.45) is 5.92 Å². The lowest BCUT2D eigenvalue weighted by Crippen LogP contribution is -2.56. The second-order valence-electron chi connectivity index (χ2n) is 10.8. The Hall–Kier alpha value is -4.26. The second kappa shape index (κ2) is 10.7. The number of nitrogens with zero attached hydrogens (tertiary/aromatic N) is 3. The highest BCUT2D eigenvalue weighted by molar-refractivity contribution is 6.07. The number of likely N-dealkylation sites (tertiary alicyclic amines) is 1. The number of likely N-dealkylation sites (N-methyl/N-ethyl adjacent to an activating group) is 1. The van der Waals surface area contributed by atoms with Crippen molar-refractivity contribution < 1.29 is 27.7 Å². The summed E-state index contributed by atoms with van der Waals surface area (Å²) in [6.07, 6.45) is 0.480. The van der Waals surface area contributed by atoms with E-state index in [1.165, 1.54) is 24.0 Å². The van der Waals surface area contributed by atoms with Crippen LogP contribution >= 0.6 is 0 Å². The molecule has 2 aromatic rings. The first-order chi connectivity index (χ1) is 20.3. The Morgan fingerprint density at radius 2 is 1.98 bits per heavy atom. The summed E-state index contributed by atoms with van der Waals surface area (Å²) in [4.78, 5) is 59.1. The number of amides is 4. The molecule has 2 aromatic carbocycles. The summed E-state index contributed by atoms with van der Waals surface area (Å²) in [5, 5.41) is 5.38. The molecule has 0 bridgehead atoms. The Balaban J connectivity index is 1.55. The molecule has 1 aliphatic carbocycles. The Morgan fingerprint density at radius 3 is 2.62 bits per heavy atom. The van der Waals surface area contributed by atoms with Crippen LogP contribution in [0.1, 0.15) is 47.8 Å². The fraction of sp³-hybridized carbons (Fsp3) is 0.433. The second-order valence-corrected chi connectivity index (χ2v) is 10.8. The minimum Gasteiger partial charge on any atom is -0.345 e. The molecule has 1 spiro atoms. The van der Waals surface area contributed by atoms with Crippen molar-refractivity contribution >= 4 is 29.3 Å². The van der Waals surface area contributed by atoms with Gasteiger partial charge >= 0.3 is 6.17 Å². The van der Waals surface area contributed by atoms with Crippen molar-refractivity contribution in [1.29, 1.82) is 0 Å². The molecule has 5 rings (SSSR count). The highest BCUT2D eigenvalue weighted by atomic mass is 19.1. The lowest BCUT2D eigenvalue weighted by atomic mass is 9.80. The number of carbonyl (C=O) groups is 4. The maximum Gasteiger partial charge on any atom is 0.302 e. The van der Waals surface area contributed by atoms with E-state index >= 15 is 0 Å². The summed E-state index contributed by atoms with van der Waals surface area (Å²) in [7, 11) is 0. The van der Waals surface area contributed by atoms with E-state index in [0.29, 0.717) is 21.7 Å². The van der Waals surface area contributed by atoms with Crippen LogP contribution < -0.4 is 10.6 Å². The van der Waals surface area contributed by atoms with E-state index in [9.17, 15) is 23.6 Å². The van der Waals surface area contributed by atoms with E-state index in [4.69, 9.17) is 10.7 Å². The number of carbonyl (C=O) groups excluding carboxylic acids is 4. The Bertz CT molecular complexity index is 1490. The number of fused-ring (bicyclic) bond motifs is 2. The lowest BCUT2D eigenvalue weighted by Gasteiger charge is -2.33. The average Bonchev–Trinajstić information content (AvgIpc) is 3.61. The third-order valence-electron chi connectivity index (χ3n) is 8.01. The van der Waals surface area contributed by atoms with Gasteiger partial charge in [-0.15, -0.1) is 0 Å². The summed E-state index contributed by atoms with van der Waals surface area (Å²) < 4.78 is 38.8. The number of halogens is 1. The van der Waals surface area contributed by atoms with Gasteiger partial charge in [-0.1, -0.05) is 43.2 Å². The van der Waals surface area contributed by atoms with Gasteiger partial charge in [0, 0.05) is 36.7 Å².